The van der Waals surface area contributed by atoms with Crippen molar-refractivity contribution in [1.82, 2.24) is 4.98 Å². The number of carbonyl (C=O) groups excluding carboxylic acids is 1. The molecule has 0 amide bonds. The molecule has 0 radical (unpaired) electrons. The van der Waals surface area contributed by atoms with Gasteiger partial charge in [0.05, 0.1) is 16.2 Å². The number of rotatable bonds is 10. The average molecular weight is 507 g/mol. The smallest absolute Gasteiger partial charge is 0.338 e. The second-order valence-corrected chi connectivity index (χ2v) is 10.6. The van der Waals surface area contributed by atoms with Gasteiger partial charge in [0, 0.05) is 16.6 Å². The minimum atomic E-state index is -3.86. The number of hydrogen-bond donors (Lipinski definition) is 1. The summed E-state index contributed by atoms with van der Waals surface area (Å²) in [6.07, 6.45) is 3.15. The molecule has 1 N–H and O–H groups in total. The summed E-state index contributed by atoms with van der Waals surface area (Å²) in [5.74, 6) is -0.614. The molecular weight excluding hydrogens is 480 g/mol. The molecule has 6 nitrogen and oxygen atoms in total. The monoisotopic (exact) mass is 506 g/mol. The van der Waals surface area contributed by atoms with Gasteiger partial charge in [0.1, 0.15) is 11.6 Å². The van der Waals surface area contributed by atoms with E-state index in [-0.39, 0.29) is 17.1 Å². The standard InChI is InChI=1S/C27H26N2O4S2/c1-2-3-8-20-13-15-23(16-14-20)29-35(31,32)25-12-7-11-22(17-25)27(30)33-18-24-19-34-26(28-24)21-9-5-4-6-10-21/h4-7,9-17,19,29H,2-3,8,18H2,1H3. The molecule has 0 saturated carbocycles. The highest BCUT2D eigenvalue weighted by Crippen LogP contribution is 2.24. The van der Waals surface area contributed by atoms with Crippen LogP contribution in [-0.2, 0) is 27.8 Å². The lowest BCUT2D eigenvalue weighted by Gasteiger charge is -2.10. The predicted octanol–water partition coefficient (Wildman–Crippen LogP) is 6.31. The molecule has 4 aromatic rings. The Morgan fingerprint density at radius 3 is 2.51 bits per heavy atom. The molecule has 35 heavy (non-hydrogen) atoms. The summed E-state index contributed by atoms with van der Waals surface area (Å²) in [5.41, 5.74) is 3.42. The lowest BCUT2D eigenvalue weighted by atomic mass is 10.1. The number of aryl methyl sites for hydroxylation is 1. The lowest BCUT2D eigenvalue weighted by Crippen LogP contribution is -2.14. The quantitative estimate of drug-likeness (QED) is 0.255. The van der Waals surface area contributed by atoms with Crippen molar-refractivity contribution in [2.24, 2.45) is 0 Å². The molecule has 0 unspecified atom stereocenters. The van der Waals surface area contributed by atoms with Crippen molar-refractivity contribution in [1.29, 1.82) is 0 Å². The van der Waals surface area contributed by atoms with Crippen molar-refractivity contribution < 1.29 is 17.9 Å². The molecule has 0 atom stereocenters. The van der Waals surface area contributed by atoms with Gasteiger partial charge in [-0.15, -0.1) is 11.3 Å². The van der Waals surface area contributed by atoms with Gasteiger partial charge in [-0.1, -0.05) is 61.9 Å². The number of esters is 1. The molecule has 4 rings (SSSR count). The molecule has 8 heteroatoms. The zero-order chi connectivity index (χ0) is 24.7. The van der Waals surface area contributed by atoms with E-state index >= 15 is 0 Å². The average Bonchev–Trinajstić information content (AvgIpc) is 3.36. The fraction of sp³-hybridized carbons (Fsp3) is 0.185. The normalized spacial score (nSPS) is 11.2. The Labute approximate surface area is 209 Å². The Hall–Kier alpha value is -3.49. The molecule has 3 aromatic carbocycles. The van der Waals surface area contributed by atoms with Crippen molar-refractivity contribution in [3.63, 3.8) is 0 Å². The highest BCUT2D eigenvalue weighted by atomic mass is 32.2. The number of nitrogens with zero attached hydrogens (tertiary/aromatic N) is 1. The third kappa shape index (κ3) is 6.55. The van der Waals surface area contributed by atoms with E-state index in [1.165, 1.54) is 35.6 Å². The van der Waals surface area contributed by atoms with E-state index in [2.05, 4.69) is 16.6 Å². The Balaban J connectivity index is 1.39. The van der Waals surface area contributed by atoms with Crippen molar-refractivity contribution in [3.8, 4) is 10.6 Å². The Bertz CT molecular complexity index is 1380. The van der Waals surface area contributed by atoms with Crippen molar-refractivity contribution in [2.75, 3.05) is 4.72 Å². The molecule has 180 valence electrons. The summed E-state index contributed by atoms with van der Waals surface area (Å²) in [7, 11) is -3.86. The summed E-state index contributed by atoms with van der Waals surface area (Å²) < 4.78 is 33.7. The molecule has 1 heterocycles. The maximum Gasteiger partial charge on any atom is 0.338 e. The SMILES string of the molecule is CCCCc1ccc(NS(=O)(=O)c2cccc(C(=O)OCc3csc(-c4ccccc4)n3)c2)cc1. The summed E-state index contributed by atoms with van der Waals surface area (Å²) in [6, 6.07) is 22.9. The van der Waals surface area contributed by atoms with E-state index in [1.54, 1.807) is 12.1 Å². The van der Waals surface area contributed by atoms with Gasteiger partial charge in [-0.3, -0.25) is 4.72 Å². The first kappa shape index (κ1) is 24.6. The van der Waals surface area contributed by atoms with Gasteiger partial charge < -0.3 is 4.74 Å². The second-order valence-electron chi connectivity index (χ2n) is 8.02. The molecule has 0 saturated heterocycles. The van der Waals surface area contributed by atoms with E-state index in [9.17, 15) is 13.2 Å². The van der Waals surface area contributed by atoms with Gasteiger partial charge in [0.25, 0.3) is 10.0 Å². The van der Waals surface area contributed by atoms with E-state index in [0.29, 0.717) is 11.4 Å². The van der Waals surface area contributed by atoms with Crippen LogP contribution in [0.1, 0.15) is 41.4 Å². The van der Waals surface area contributed by atoms with Crippen molar-refractivity contribution >= 4 is 33.0 Å². The lowest BCUT2D eigenvalue weighted by molar-refractivity contribution is 0.0468. The molecule has 0 spiro atoms. The largest absolute Gasteiger partial charge is 0.456 e. The minimum absolute atomic E-state index is 0.00176. The van der Waals surface area contributed by atoms with Crippen LogP contribution >= 0.6 is 11.3 Å². The van der Waals surface area contributed by atoms with Gasteiger partial charge in [-0.05, 0) is 48.7 Å². The summed E-state index contributed by atoms with van der Waals surface area (Å²) >= 11 is 1.47. The third-order valence-corrected chi connectivity index (χ3v) is 7.65. The first-order valence-corrected chi connectivity index (χ1v) is 13.7. The fourth-order valence-corrected chi connectivity index (χ4v) is 5.35. The summed E-state index contributed by atoms with van der Waals surface area (Å²) in [5, 5.41) is 2.68. The first-order valence-electron chi connectivity index (χ1n) is 11.3. The first-order chi connectivity index (χ1) is 16.9. The van der Waals surface area contributed by atoms with Gasteiger partial charge in [-0.25, -0.2) is 18.2 Å². The molecule has 0 aliphatic heterocycles. The number of anilines is 1. The van der Waals surface area contributed by atoms with Gasteiger partial charge in [-0.2, -0.15) is 0 Å². The van der Waals surface area contributed by atoms with E-state index < -0.39 is 16.0 Å². The number of aromatic nitrogens is 1. The topological polar surface area (TPSA) is 85.4 Å². The molecular formula is C27H26N2O4S2. The highest BCUT2D eigenvalue weighted by molar-refractivity contribution is 7.92. The number of hydrogen-bond acceptors (Lipinski definition) is 6. The van der Waals surface area contributed by atoms with Crippen LogP contribution in [0.15, 0.2) is 89.1 Å². The second kappa shape index (κ2) is 11.3. The number of thiazole rings is 1. The van der Waals surface area contributed by atoms with Crippen LogP contribution in [0.25, 0.3) is 10.6 Å². The maximum atomic E-state index is 12.9. The van der Waals surface area contributed by atoms with Gasteiger partial charge in [0.2, 0.25) is 0 Å². The Morgan fingerprint density at radius 1 is 1.00 bits per heavy atom. The molecule has 0 fully saturated rings. The molecule has 0 aliphatic rings. The minimum Gasteiger partial charge on any atom is -0.456 e. The number of carbonyl (C=O) groups is 1. The number of benzene rings is 3. The number of sulfonamides is 1. The van der Waals surface area contributed by atoms with Crippen LogP contribution in [0, 0.1) is 0 Å². The zero-order valence-electron chi connectivity index (χ0n) is 19.3. The van der Waals surface area contributed by atoms with E-state index in [0.717, 1.165) is 35.4 Å². The summed E-state index contributed by atoms with van der Waals surface area (Å²) in [4.78, 5) is 17.1. The molecule has 0 aliphatic carbocycles. The van der Waals surface area contributed by atoms with E-state index in [4.69, 9.17) is 4.74 Å². The van der Waals surface area contributed by atoms with Crippen LogP contribution < -0.4 is 4.72 Å². The number of ether oxygens (including phenoxy) is 1. The fourth-order valence-electron chi connectivity index (χ4n) is 3.43. The summed E-state index contributed by atoms with van der Waals surface area (Å²) in [6.45, 7) is 2.13. The highest BCUT2D eigenvalue weighted by Gasteiger charge is 2.18. The molecule has 1 aromatic heterocycles. The van der Waals surface area contributed by atoms with Crippen LogP contribution in [0.4, 0.5) is 5.69 Å². The van der Waals surface area contributed by atoms with Crippen LogP contribution in [0.5, 0.6) is 0 Å². The molecule has 0 bridgehead atoms. The predicted molar refractivity (Wildman–Crippen MR) is 139 cm³/mol. The van der Waals surface area contributed by atoms with Crippen molar-refractivity contribution in [2.45, 2.75) is 37.7 Å². The van der Waals surface area contributed by atoms with Crippen LogP contribution in [0.2, 0.25) is 0 Å². The maximum absolute atomic E-state index is 12.9. The van der Waals surface area contributed by atoms with Crippen LogP contribution in [0.3, 0.4) is 0 Å². The third-order valence-electron chi connectivity index (χ3n) is 5.33. The van der Waals surface area contributed by atoms with E-state index in [1.807, 2.05) is 47.8 Å². The van der Waals surface area contributed by atoms with Crippen LogP contribution in [-0.4, -0.2) is 19.4 Å². The van der Waals surface area contributed by atoms with Gasteiger partial charge >= 0.3 is 5.97 Å². The number of unbranched alkanes of at least 4 members (excludes halogenated alkanes) is 1. The Morgan fingerprint density at radius 2 is 1.77 bits per heavy atom. The Kier molecular flexibility index (Phi) is 7.94. The zero-order valence-corrected chi connectivity index (χ0v) is 20.9. The number of nitrogens with one attached hydrogen (secondary N) is 1. The van der Waals surface area contributed by atoms with Crippen molar-refractivity contribution in [3.05, 3.63) is 101 Å². The van der Waals surface area contributed by atoms with Gasteiger partial charge in [0.15, 0.2) is 0 Å².